The molecular weight excluding hydrogens is 279 g/mol. The zero-order chi connectivity index (χ0) is 15.4. The van der Waals surface area contributed by atoms with Crippen molar-refractivity contribution in [3.63, 3.8) is 0 Å². The van der Waals surface area contributed by atoms with E-state index in [2.05, 4.69) is 9.88 Å². The number of piperidine rings is 1. The lowest BCUT2D eigenvalue weighted by molar-refractivity contribution is 0.0567. The van der Waals surface area contributed by atoms with Gasteiger partial charge in [0.05, 0.1) is 6.10 Å². The fourth-order valence-electron chi connectivity index (χ4n) is 3.11. The van der Waals surface area contributed by atoms with E-state index in [-0.39, 0.29) is 11.7 Å². The van der Waals surface area contributed by atoms with Crippen LogP contribution in [0.3, 0.4) is 0 Å². The lowest BCUT2D eigenvalue weighted by Gasteiger charge is -2.34. The summed E-state index contributed by atoms with van der Waals surface area (Å²) in [6.07, 6.45) is 5.07. The van der Waals surface area contributed by atoms with Gasteiger partial charge < -0.3 is 5.11 Å². The summed E-state index contributed by atoms with van der Waals surface area (Å²) in [5, 5.41) is 10.5. The fraction of sp³-hybridized carbons (Fsp3) is 0.389. The zero-order valence-corrected chi connectivity index (χ0v) is 12.5. The van der Waals surface area contributed by atoms with E-state index in [0.717, 1.165) is 38.0 Å². The van der Waals surface area contributed by atoms with Gasteiger partial charge in [0.25, 0.3) is 0 Å². The third-order valence-electron chi connectivity index (χ3n) is 4.45. The van der Waals surface area contributed by atoms with Gasteiger partial charge in [0.15, 0.2) is 0 Å². The normalized spacial score (nSPS) is 18.3. The average molecular weight is 300 g/mol. The Hall–Kier alpha value is -1.78. The second-order valence-electron chi connectivity index (χ2n) is 5.97. The molecule has 0 radical (unpaired) electrons. The highest BCUT2D eigenvalue weighted by molar-refractivity contribution is 5.19. The number of benzene rings is 1. The molecular formula is C18H21FN2O. The van der Waals surface area contributed by atoms with Crippen molar-refractivity contribution < 1.29 is 9.50 Å². The van der Waals surface area contributed by atoms with Crippen LogP contribution < -0.4 is 0 Å². The first kappa shape index (κ1) is 15.1. The van der Waals surface area contributed by atoms with E-state index in [1.807, 2.05) is 24.5 Å². The van der Waals surface area contributed by atoms with E-state index < -0.39 is 6.10 Å². The first-order valence-electron chi connectivity index (χ1n) is 7.77. The van der Waals surface area contributed by atoms with Crippen molar-refractivity contribution in [1.29, 1.82) is 0 Å². The third-order valence-corrected chi connectivity index (χ3v) is 4.45. The fourth-order valence-corrected chi connectivity index (χ4v) is 3.11. The van der Waals surface area contributed by atoms with Crippen LogP contribution in [0, 0.1) is 11.7 Å². The largest absolute Gasteiger partial charge is 0.388 e. The molecule has 0 amide bonds. The zero-order valence-electron chi connectivity index (χ0n) is 12.5. The second kappa shape index (κ2) is 6.99. The molecule has 2 aromatic rings. The van der Waals surface area contributed by atoms with Gasteiger partial charge in [0, 0.05) is 18.9 Å². The molecule has 22 heavy (non-hydrogen) atoms. The number of aromatic nitrogens is 1. The van der Waals surface area contributed by atoms with Gasteiger partial charge in [-0.05, 0) is 67.2 Å². The summed E-state index contributed by atoms with van der Waals surface area (Å²) in [6, 6.07) is 10.3. The summed E-state index contributed by atoms with van der Waals surface area (Å²) in [4.78, 5) is 6.44. The molecule has 1 unspecified atom stereocenters. The van der Waals surface area contributed by atoms with E-state index >= 15 is 0 Å². The number of halogens is 1. The van der Waals surface area contributed by atoms with E-state index in [1.165, 1.54) is 17.7 Å². The van der Waals surface area contributed by atoms with Gasteiger partial charge in [-0.3, -0.25) is 9.88 Å². The highest BCUT2D eigenvalue weighted by Crippen LogP contribution is 2.31. The van der Waals surface area contributed by atoms with Crippen molar-refractivity contribution in [3.05, 3.63) is 65.7 Å². The maximum atomic E-state index is 13.0. The number of aliphatic hydroxyl groups excluding tert-OH is 1. The number of nitrogens with zero attached hydrogens (tertiary/aromatic N) is 2. The predicted octanol–water partition coefficient (Wildman–Crippen LogP) is 3.17. The number of hydrogen-bond donors (Lipinski definition) is 1. The molecule has 1 fully saturated rings. The molecule has 1 saturated heterocycles. The van der Waals surface area contributed by atoms with Crippen LogP contribution in [0.4, 0.5) is 4.39 Å². The van der Waals surface area contributed by atoms with Crippen LogP contribution >= 0.6 is 0 Å². The van der Waals surface area contributed by atoms with Gasteiger partial charge in [-0.15, -0.1) is 0 Å². The number of aliphatic hydroxyl groups is 1. The van der Waals surface area contributed by atoms with Gasteiger partial charge in [0.2, 0.25) is 0 Å². The Labute approximate surface area is 130 Å². The van der Waals surface area contributed by atoms with Crippen molar-refractivity contribution in [2.45, 2.75) is 25.5 Å². The molecule has 1 aliphatic rings. The van der Waals surface area contributed by atoms with Crippen molar-refractivity contribution in [2.75, 3.05) is 13.1 Å². The topological polar surface area (TPSA) is 36.4 Å². The van der Waals surface area contributed by atoms with E-state index in [0.29, 0.717) is 0 Å². The van der Waals surface area contributed by atoms with Gasteiger partial charge >= 0.3 is 0 Å². The number of pyridine rings is 1. The molecule has 1 N–H and O–H groups in total. The maximum absolute atomic E-state index is 13.0. The predicted molar refractivity (Wildman–Crippen MR) is 83.6 cm³/mol. The minimum atomic E-state index is -0.497. The Balaban J connectivity index is 1.54. The lowest BCUT2D eigenvalue weighted by atomic mass is 9.87. The molecule has 0 saturated carbocycles. The van der Waals surface area contributed by atoms with Crippen molar-refractivity contribution >= 4 is 0 Å². The number of rotatable bonds is 4. The van der Waals surface area contributed by atoms with Gasteiger partial charge in [-0.25, -0.2) is 4.39 Å². The first-order chi connectivity index (χ1) is 10.7. The molecule has 0 bridgehead atoms. The van der Waals surface area contributed by atoms with Crippen LogP contribution in [-0.2, 0) is 6.54 Å². The monoisotopic (exact) mass is 300 g/mol. The van der Waals surface area contributed by atoms with Crippen LogP contribution in [-0.4, -0.2) is 28.1 Å². The summed E-state index contributed by atoms with van der Waals surface area (Å²) in [5.41, 5.74) is 2.08. The molecule has 0 spiro atoms. The van der Waals surface area contributed by atoms with Crippen molar-refractivity contribution in [3.8, 4) is 0 Å². The Morgan fingerprint density at radius 1 is 1.09 bits per heavy atom. The highest BCUT2D eigenvalue weighted by atomic mass is 19.1. The van der Waals surface area contributed by atoms with Crippen LogP contribution in [0.2, 0.25) is 0 Å². The number of likely N-dealkylation sites (tertiary alicyclic amines) is 1. The summed E-state index contributed by atoms with van der Waals surface area (Å²) in [5.74, 6) is -0.0118. The van der Waals surface area contributed by atoms with Crippen LogP contribution in [0.25, 0.3) is 0 Å². The van der Waals surface area contributed by atoms with E-state index in [1.54, 1.807) is 12.1 Å². The molecule has 1 aromatic heterocycles. The van der Waals surface area contributed by atoms with Gasteiger partial charge in [-0.1, -0.05) is 12.1 Å². The summed E-state index contributed by atoms with van der Waals surface area (Å²) in [7, 11) is 0. The van der Waals surface area contributed by atoms with Gasteiger partial charge in [-0.2, -0.15) is 0 Å². The molecule has 0 aliphatic carbocycles. The summed E-state index contributed by atoms with van der Waals surface area (Å²) >= 11 is 0. The molecule has 3 rings (SSSR count). The molecule has 1 aromatic carbocycles. The van der Waals surface area contributed by atoms with Crippen molar-refractivity contribution in [2.24, 2.45) is 5.92 Å². The SMILES string of the molecule is OC(c1ccc(F)cc1)C1CCN(Cc2ccncc2)CC1. The molecule has 1 atom stereocenters. The van der Waals surface area contributed by atoms with Crippen molar-refractivity contribution in [1.82, 2.24) is 9.88 Å². The standard InChI is InChI=1S/C18H21FN2O/c19-17-3-1-15(2-4-17)18(22)16-7-11-21(12-8-16)13-14-5-9-20-10-6-14/h1-6,9-10,16,18,22H,7-8,11-13H2. The average Bonchev–Trinajstić information content (AvgIpc) is 2.57. The Morgan fingerprint density at radius 3 is 2.36 bits per heavy atom. The quantitative estimate of drug-likeness (QED) is 0.942. The summed E-state index contributed by atoms with van der Waals surface area (Å²) in [6.45, 7) is 2.89. The molecule has 2 heterocycles. The molecule has 3 nitrogen and oxygen atoms in total. The summed E-state index contributed by atoms with van der Waals surface area (Å²) < 4.78 is 13.0. The second-order valence-corrected chi connectivity index (χ2v) is 5.97. The Kier molecular flexibility index (Phi) is 4.80. The number of hydrogen-bond acceptors (Lipinski definition) is 3. The van der Waals surface area contributed by atoms with E-state index in [4.69, 9.17) is 0 Å². The molecule has 4 heteroatoms. The minimum absolute atomic E-state index is 0.249. The third kappa shape index (κ3) is 3.70. The molecule has 116 valence electrons. The Morgan fingerprint density at radius 2 is 1.73 bits per heavy atom. The van der Waals surface area contributed by atoms with Crippen LogP contribution in [0.1, 0.15) is 30.1 Å². The van der Waals surface area contributed by atoms with Crippen LogP contribution in [0.5, 0.6) is 0 Å². The maximum Gasteiger partial charge on any atom is 0.123 e. The highest BCUT2D eigenvalue weighted by Gasteiger charge is 2.26. The molecule has 1 aliphatic heterocycles. The minimum Gasteiger partial charge on any atom is -0.388 e. The smallest absolute Gasteiger partial charge is 0.123 e. The Bertz CT molecular complexity index is 580. The van der Waals surface area contributed by atoms with Gasteiger partial charge in [0.1, 0.15) is 5.82 Å². The van der Waals surface area contributed by atoms with E-state index in [9.17, 15) is 9.50 Å². The lowest BCUT2D eigenvalue weighted by Crippen LogP contribution is -2.35. The first-order valence-corrected chi connectivity index (χ1v) is 7.77. The van der Waals surface area contributed by atoms with Crippen LogP contribution in [0.15, 0.2) is 48.8 Å².